The summed E-state index contributed by atoms with van der Waals surface area (Å²) < 4.78 is 5.52. The van der Waals surface area contributed by atoms with Crippen LogP contribution in [0.15, 0.2) is 24.3 Å². The van der Waals surface area contributed by atoms with Crippen LogP contribution >= 0.6 is 11.6 Å². The summed E-state index contributed by atoms with van der Waals surface area (Å²) in [5, 5.41) is 3.72. The molecule has 1 unspecified atom stereocenters. The Balaban J connectivity index is 1.62. The lowest BCUT2D eigenvalue weighted by atomic mass is 9.70. The third-order valence-electron chi connectivity index (χ3n) is 7.49. The number of carbonyl (C=O) groups excluding carboxylic acids is 3. The minimum Gasteiger partial charge on any atom is -0.444 e. The van der Waals surface area contributed by atoms with Crippen LogP contribution in [0.1, 0.15) is 85.6 Å². The van der Waals surface area contributed by atoms with Crippen molar-refractivity contribution in [3.05, 3.63) is 34.9 Å². The quantitative estimate of drug-likeness (QED) is 0.515. The Labute approximate surface area is 227 Å². The van der Waals surface area contributed by atoms with Crippen molar-refractivity contribution in [1.29, 1.82) is 0 Å². The number of carbonyl (C=O) groups is 3. The van der Waals surface area contributed by atoms with Crippen LogP contribution in [0, 0.1) is 11.3 Å². The van der Waals surface area contributed by atoms with E-state index in [0.717, 1.165) is 24.3 Å². The molecule has 0 aliphatic carbocycles. The highest BCUT2D eigenvalue weighted by Crippen LogP contribution is 2.42. The van der Waals surface area contributed by atoms with Crippen molar-refractivity contribution in [2.24, 2.45) is 11.3 Å². The van der Waals surface area contributed by atoms with Gasteiger partial charge in [0.1, 0.15) is 11.6 Å². The first kappa shape index (κ1) is 29.3. The first-order valence-electron chi connectivity index (χ1n) is 13.5. The standard InChI is InChI=1S/C29H44ClN3O4/c1-19(2)25(31-24(34)17-22-9-8-15-33(22)27(36)37-28(3,4)5)26(35)32-16-14-23(29(6,7)18-32)20-10-12-21(30)13-11-20/h10-13,19,22-23,25H,8-9,14-18H2,1-7H3,(H,31,34)/t22-,23?,25+/m0/s1. The van der Waals surface area contributed by atoms with E-state index >= 15 is 0 Å². The predicted octanol–water partition coefficient (Wildman–Crippen LogP) is 5.61. The van der Waals surface area contributed by atoms with Crippen molar-refractivity contribution in [2.45, 2.75) is 97.8 Å². The van der Waals surface area contributed by atoms with Gasteiger partial charge in [-0.2, -0.15) is 0 Å². The van der Waals surface area contributed by atoms with E-state index in [1.165, 1.54) is 5.56 Å². The summed E-state index contributed by atoms with van der Waals surface area (Å²) >= 11 is 6.08. The van der Waals surface area contributed by atoms with E-state index in [2.05, 4.69) is 31.3 Å². The van der Waals surface area contributed by atoms with Gasteiger partial charge in [0.25, 0.3) is 0 Å². The molecule has 1 aromatic carbocycles. The van der Waals surface area contributed by atoms with Crippen molar-refractivity contribution in [2.75, 3.05) is 19.6 Å². The molecule has 3 atom stereocenters. The van der Waals surface area contributed by atoms with Gasteiger partial charge in [-0.05, 0) is 75.0 Å². The Hall–Kier alpha value is -2.28. The summed E-state index contributed by atoms with van der Waals surface area (Å²) in [4.78, 5) is 42.9. The van der Waals surface area contributed by atoms with Gasteiger partial charge in [-0.3, -0.25) is 9.59 Å². The lowest BCUT2D eigenvalue weighted by molar-refractivity contribution is -0.141. The maximum absolute atomic E-state index is 13.6. The normalized spacial score (nSPS) is 22.6. The molecule has 37 heavy (non-hydrogen) atoms. The molecule has 3 rings (SSSR count). The summed E-state index contributed by atoms with van der Waals surface area (Å²) in [6.07, 6.45) is 2.22. The highest BCUT2D eigenvalue weighted by molar-refractivity contribution is 6.30. The molecule has 0 saturated carbocycles. The molecule has 0 spiro atoms. The smallest absolute Gasteiger partial charge is 0.410 e. The monoisotopic (exact) mass is 533 g/mol. The van der Waals surface area contributed by atoms with Gasteiger partial charge >= 0.3 is 6.09 Å². The molecule has 0 bridgehead atoms. The largest absolute Gasteiger partial charge is 0.444 e. The molecule has 3 amide bonds. The molecule has 2 aliphatic heterocycles. The summed E-state index contributed by atoms with van der Waals surface area (Å²) in [6.45, 7) is 15.6. The number of halogens is 1. The van der Waals surface area contributed by atoms with Gasteiger partial charge in [-0.1, -0.05) is 51.4 Å². The maximum Gasteiger partial charge on any atom is 0.410 e. The molecule has 0 radical (unpaired) electrons. The van der Waals surface area contributed by atoms with Crippen LogP contribution in [0.25, 0.3) is 0 Å². The minimum absolute atomic E-state index is 0.0404. The van der Waals surface area contributed by atoms with Crippen molar-refractivity contribution < 1.29 is 19.1 Å². The fourth-order valence-corrected chi connectivity index (χ4v) is 5.75. The first-order chi connectivity index (χ1) is 17.2. The topological polar surface area (TPSA) is 79.0 Å². The predicted molar refractivity (Wildman–Crippen MR) is 147 cm³/mol. The lowest BCUT2D eigenvalue weighted by Gasteiger charge is -2.45. The Bertz CT molecular complexity index is 970. The van der Waals surface area contributed by atoms with Gasteiger partial charge in [0.15, 0.2) is 0 Å². The lowest BCUT2D eigenvalue weighted by Crippen LogP contribution is -2.56. The van der Waals surface area contributed by atoms with Crippen molar-refractivity contribution in [1.82, 2.24) is 15.1 Å². The molecular formula is C29H44ClN3O4. The number of hydrogen-bond acceptors (Lipinski definition) is 4. The third kappa shape index (κ3) is 7.62. The number of rotatable bonds is 6. The van der Waals surface area contributed by atoms with Crippen molar-refractivity contribution >= 4 is 29.5 Å². The average Bonchev–Trinajstić information content (AvgIpc) is 3.24. The van der Waals surface area contributed by atoms with Gasteiger partial charge < -0.3 is 19.9 Å². The van der Waals surface area contributed by atoms with Crippen LogP contribution in [0.3, 0.4) is 0 Å². The number of ether oxygens (including phenoxy) is 1. The summed E-state index contributed by atoms with van der Waals surface area (Å²) in [5.41, 5.74) is 0.530. The second kappa shape index (κ2) is 11.6. The Morgan fingerprint density at radius 3 is 2.32 bits per heavy atom. The van der Waals surface area contributed by atoms with E-state index in [1.807, 2.05) is 51.7 Å². The minimum atomic E-state index is -0.605. The maximum atomic E-state index is 13.6. The molecule has 2 aliphatic rings. The zero-order valence-corrected chi connectivity index (χ0v) is 24.2. The van der Waals surface area contributed by atoms with Crippen LogP contribution in [0.4, 0.5) is 4.79 Å². The number of nitrogens with one attached hydrogen (secondary N) is 1. The van der Waals surface area contributed by atoms with Crippen LogP contribution in [0.5, 0.6) is 0 Å². The summed E-state index contributed by atoms with van der Waals surface area (Å²) in [6, 6.07) is 7.17. The van der Waals surface area contributed by atoms with Crippen molar-refractivity contribution in [3.63, 3.8) is 0 Å². The summed E-state index contributed by atoms with van der Waals surface area (Å²) in [7, 11) is 0. The Morgan fingerprint density at radius 1 is 1.11 bits per heavy atom. The second-order valence-electron chi connectivity index (χ2n) is 12.6. The van der Waals surface area contributed by atoms with Crippen LogP contribution in [0.2, 0.25) is 5.02 Å². The first-order valence-corrected chi connectivity index (χ1v) is 13.9. The molecule has 1 N–H and O–H groups in total. The molecule has 8 heteroatoms. The van der Waals surface area contributed by atoms with E-state index in [1.54, 1.807) is 4.90 Å². The van der Waals surface area contributed by atoms with E-state index in [-0.39, 0.29) is 41.7 Å². The highest BCUT2D eigenvalue weighted by Gasteiger charge is 2.41. The summed E-state index contributed by atoms with van der Waals surface area (Å²) in [5.74, 6) is 0.0189. The highest BCUT2D eigenvalue weighted by atomic mass is 35.5. The van der Waals surface area contributed by atoms with Crippen LogP contribution in [-0.2, 0) is 14.3 Å². The molecule has 7 nitrogen and oxygen atoms in total. The van der Waals surface area contributed by atoms with E-state index in [9.17, 15) is 14.4 Å². The van der Waals surface area contributed by atoms with Crippen LogP contribution in [-0.4, -0.2) is 65.0 Å². The van der Waals surface area contributed by atoms with E-state index in [0.29, 0.717) is 25.6 Å². The molecule has 206 valence electrons. The van der Waals surface area contributed by atoms with E-state index < -0.39 is 11.6 Å². The number of nitrogens with zero attached hydrogens (tertiary/aromatic N) is 2. The van der Waals surface area contributed by atoms with Crippen molar-refractivity contribution in [3.8, 4) is 0 Å². The number of amides is 3. The molecular weight excluding hydrogens is 490 g/mol. The number of likely N-dealkylation sites (tertiary alicyclic amines) is 2. The number of benzene rings is 1. The van der Waals surface area contributed by atoms with Gasteiger partial charge in [-0.15, -0.1) is 0 Å². The van der Waals surface area contributed by atoms with E-state index in [4.69, 9.17) is 16.3 Å². The molecule has 0 aromatic heterocycles. The van der Waals surface area contributed by atoms with Gasteiger partial charge in [0, 0.05) is 37.1 Å². The Kier molecular flexibility index (Phi) is 9.20. The average molecular weight is 534 g/mol. The second-order valence-corrected chi connectivity index (χ2v) is 13.0. The SMILES string of the molecule is CC(C)[C@@H](NC(=O)C[C@@H]1CCCN1C(=O)OC(C)(C)C)C(=O)N1CCC(c2ccc(Cl)cc2)C(C)(C)C1. The van der Waals surface area contributed by atoms with Crippen LogP contribution < -0.4 is 5.32 Å². The zero-order valence-electron chi connectivity index (χ0n) is 23.5. The van der Waals surface area contributed by atoms with Gasteiger partial charge in [-0.25, -0.2) is 4.79 Å². The molecule has 2 fully saturated rings. The fourth-order valence-electron chi connectivity index (χ4n) is 5.62. The third-order valence-corrected chi connectivity index (χ3v) is 7.74. The number of hydrogen-bond donors (Lipinski definition) is 1. The molecule has 1 aromatic rings. The van der Waals surface area contributed by atoms with Gasteiger partial charge in [0.05, 0.1) is 0 Å². The van der Waals surface area contributed by atoms with Gasteiger partial charge in [0.2, 0.25) is 11.8 Å². The number of piperidine rings is 1. The Morgan fingerprint density at radius 2 is 1.76 bits per heavy atom. The zero-order chi connectivity index (χ0) is 27.5. The molecule has 2 saturated heterocycles. The molecule has 2 heterocycles. The fraction of sp³-hybridized carbons (Fsp3) is 0.690.